The maximum Gasteiger partial charge on any atom is 0.196 e. The SMILES string of the molecule is CCCC(C)C(Cl)Cc1nc2ccccc2o1. The van der Waals surface area contributed by atoms with Crippen LogP contribution in [0.1, 0.15) is 32.6 Å². The summed E-state index contributed by atoms with van der Waals surface area (Å²) in [7, 11) is 0. The van der Waals surface area contributed by atoms with E-state index in [-0.39, 0.29) is 5.38 Å². The van der Waals surface area contributed by atoms with Gasteiger partial charge in [0.05, 0.1) is 0 Å². The van der Waals surface area contributed by atoms with Gasteiger partial charge in [-0.1, -0.05) is 32.4 Å². The van der Waals surface area contributed by atoms with E-state index in [0.29, 0.717) is 12.3 Å². The summed E-state index contributed by atoms with van der Waals surface area (Å²) in [6.45, 7) is 4.36. The molecule has 0 saturated heterocycles. The zero-order valence-electron chi connectivity index (χ0n) is 10.3. The number of nitrogens with zero attached hydrogens (tertiary/aromatic N) is 1. The third-order valence-corrected chi connectivity index (χ3v) is 3.65. The Balaban J connectivity index is 2.07. The first kappa shape index (κ1) is 12.4. The quantitative estimate of drug-likeness (QED) is 0.736. The standard InChI is InChI=1S/C14H18ClNO/c1-3-6-10(2)11(15)9-14-16-12-7-4-5-8-13(12)17-14/h4-5,7-8,10-11H,3,6,9H2,1-2H3. The Kier molecular flexibility index (Phi) is 4.06. The summed E-state index contributed by atoms with van der Waals surface area (Å²) < 4.78 is 5.67. The Hall–Kier alpha value is -1.02. The normalized spacial score (nSPS) is 15.0. The van der Waals surface area contributed by atoms with Gasteiger partial charge in [-0.25, -0.2) is 4.98 Å². The number of benzene rings is 1. The minimum absolute atomic E-state index is 0.100. The van der Waals surface area contributed by atoms with Crippen LogP contribution in [0.25, 0.3) is 11.1 Å². The second kappa shape index (κ2) is 5.54. The molecule has 17 heavy (non-hydrogen) atoms. The number of rotatable bonds is 5. The van der Waals surface area contributed by atoms with Crippen molar-refractivity contribution >= 4 is 22.7 Å². The van der Waals surface area contributed by atoms with Crippen LogP contribution in [0.2, 0.25) is 0 Å². The van der Waals surface area contributed by atoms with Crippen molar-refractivity contribution in [2.45, 2.75) is 38.5 Å². The number of hydrogen-bond acceptors (Lipinski definition) is 2. The third-order valence-electron chi connectivity index (χ3n) is 3.07. The van der Waals surface area contributed by atoms with E-state index < -0.39 is 0 Å². The molecule has 2 unspecified atom stereocenters. The fourth-order valence-electron chi connectivity index (χ4n) is 2.01. The summed E-state index contributed by atoms with van der Waals surface area (Å²) >= 11 is 6.37. The van der Waals surface area contributed by atoms with Crippen LogP contribution >= 0.6 is 11.6 Å². The van der Waals surface area contributed by atoms with Gasteiger partial charge in [-0.3, -0.25) is 0 Å². The molecule has 0 aliphatic carbocycles. The van der Waals surface area contributed by atoms with Gasteiger partial charge in [0.2, 0.25) is 0 Å². The summed E-state index contributed by atoms with van der Waals surface area (Å²) in [5.41, 5.74) is 1.75. The molecule has 0 amide bonds. The van der Waals surface area contributed by atoms with Crippen LogP contribution in [-0.2, 0) is 6.42 Å². The predicted molar refractivity (Wildman–Crippen MR) is 71.4 cm³/mol. The Morgan fingerprint density at radius 2 is 2.12 bits per heavy atom. The van der Waals surface area contributed by atoms with Gasteiger partial charge in [-0.05, 0) is 24.5 Å². The number of fused-ring (bicyclic) bond motifs is 1. The fourth-order valence-corrected chi connectivity index (χ4v) is 2.27. The molecular weight excluding hydrogens is 234 g/mol. The largest absolute Gasteiger partial charge is 0.441 e. The van der Waals surface area contributed by atoms with E-state index in [1.54, 1.807) is 0 Å². The van der Waals surface area contributed by atoms with Gasteiger partial charge >= 0.3 is 0 Å². The zero-order valence-corrected chi connectivity index (χ0v) is 11.1. The second-order valence-corrected chi connectivity index (χ2v) is 5.12. The molecule has 92 valence electrons. The van der Waals surface area contributed by atoms with Gasteiger partial charge in [0.25, 0.3) is 0 Å². The van der Waals surface area contributed by atoms with Gasteiger partial charge in [0.1, 0.15) is 5.52 Å². The van der Waals surface area contributed by atoms with Gasteiger partial charge in [0, 0.05) is 11.8 Å². The molecule has 1 aromatic carbocycles. The molecule has 2 aromatic rings. The van der Waals surface area contributed by atoms with Gasteiger partial charge in [-0.2, -0.15) is 0 Å². The number of aromatic nitrogens is 1. The summed E-state index contributed by atoms with van der Waals surface area (Å²) in [5.74, 6) is 1.24. The molecule has 3 heteroatoms. The summed E-state index contributed by atoms with van der Waals surface area (Å²) in [4.78, 5) is 4.44. The topological polar surface area (TPSA) is 26.0 Å². The van der Waals surface area contributed by atoms with Gasteiger partial charge in [-0.15, -0.1) is 11.6 Å². The van der Waals surface area contributed by atoms with Gasteiger partial charge < -0.3 is 4.42 Å². The van der Waals surface area contributed by atoms with E-state index in [9.17, 15) is 0 Å². The number of alkyl halides is 1. The molecule has 1 heterocycles. The maximum absolute atomic E-state index is 6.37. The summed E-state index contributed by atoms with van der Waals surface area (Å²) in [6, 6.07) is 7.81. The highest BCUT2D eigenvalue weighted by Crippen LogP contribution is 2.22. The monoisotopic (exact) mass is 251 g/mol. The molecule has 0 bridgehead atoms. The van der Waals surface area contributed by atoms with Crippen molar-refractivity contribution in [1.82, 2.24) is 4.98 Å². The van der Waals surface area contributed by atoms with Crippen molar-refractivity contribution in [3.8, 4) is 0 Å². The molecule has 2 nitrogen and oxygen atoms in total. The zero-order chi connectivity index (χ0) is 12.3. The molecular formula is C14H18ClNO. The molecule has 0 spiro atoms. The lowest BCUT2D eigenvalue weighted by Gasteiger charge is -2.15. The molecule has 0 aliphatic rings. The van der Waals surface area contributed by atoms with Crippen LogP contribution in [0.15, 0.2) is 28.7 Å². The fraction of sp³-hybridized carbons (Fsp3) is 0.500. The number of halogens is 1. The smallest absolute Gasteiger partial charge is 0.196 e. The van der Waals surface area contributed by atoms with Crippen LogP contribution in [0.5, 0.6) is 0 Å². The van der Waals surface area contributed by atoms with Crippen LogP contribution in [0.3, 0.4) is 0 Å². The van der Waals surface area contributed by atoms with Crippen LogP contribution in [-0.4, -0.2) is 10.4 Å². The van der Waals surface area contributed by atoms with Crippen LogP contribution < -0.4 is 0 Å². The molecule has 0 saturated carbocycles. The Bertz CT molecular complexity index is 447. The lowest BCUT2D eigenvalue weighted by molar-refractivity contribution is 0.450. The van der Waals surface area contributed by atoms with Crippen molar-refractivity contribution in [2.24, 2.45) is 5.92 Å². The van der Waals surface area contributed by atoms with E-state index in [0.717, 1.165) is 29.8 Å². The summed E-state index contributed by atoms with van der Waals surface area (Å²) in [6.07, 6.45) is 3.02. The highest BCUT2D eigenvalue weighted by atomic mass is 35.5. The van der Waals surface area contributed by atoms with E-state index in [4.69, 9.17) is 16.0 Å². The van der Waals surface area contributed by atoms with E-state index >= 15 is 0 Å². The molecule has 0 N–H and O–H groups in total. The van der Waals surface area contributed by atoms with Crippen molar-refractivity contribution in [3.63, 3.8) is 0 Å². The van der Waals surface area contributed by atoms with E-state index in [2.05, 4.69) is 18.8 Å². The predicted octanol–water partition coefficient (Wildman–Crippen LogP) is 4.41. The minimum Gasteiger partial charge on any atom is -0.441 e. The van der Waals surface area contributed by atoms with E-state index in [1.165, 1.54) is 0 Å². The minimum atomic E-state index is 0.100. The molecule has 0 radical (unpaired) electrons. The number of oxazole rings is 1. The first-order chi connectivity index (χ1) is 8.20. The molecule has 2 rings (SSSR count). The highest BCUT2D eigenvalue weighted by molar-refractivity contribution is 6.20. The average molecular weight is 252 g/mol. The number of para-hydroxylation sites is 2. The second-order valence-electron chi connectivity index (χ2n) is 4.56. The lowest BCUT2D eigenvalue weighted by atomic mass is 10.00. The van der Waals surface area contributed by atoms with Crippen molar-refractivity contribution < 1.29 is 4.42 Å². The lowest BCUT2D eigenvalue weighted by Crippen LogP contribution is -2.14. The van der Waals surface area contributed by atoms with Crippen molar-refractivity contribution in [3.05, 3.63) is 30.2 Å². The maximum atomic E-state index is 6.37. The summed E-state index contributed by atoms with van der Waals surface area (Å²) in [5, 5.41) is 0.100. The third kappa shape index (κ3) is 3.01. The van der Waals surface area contributed by atoms with Crippen molar-refractivity contribution in [1.29, 1.82) is 0 Å². The van der Waals surface area contributed by atoms with E-state index in [1.807, 2.05) is 24.3 Å². The van der Waals surface area contributed by atoms with Crippen molar-refractivity contribution in [2.75, 3.05) is 0 Å². The number of hydrogen-bond donors (Lipinski definition) is 0. The Labute approximate surface area is 107 Å². The van der Waals surface area contributed by atoms with Crippen LogP contribution in [0.4, 0.5) is 0 Å². The van der Waals surface area contributed by atoms with Gasteiger partial charge in [0.15, 0.2) is 11.5 Å². The molecule has 1 aromatic heterocycles. The highest BCUT2D eigenvalue weighted by Gasteiger charge is 2.17. The first-order valence-corrected chi connectivity index (χ1v) is 6.63. The average Bonchev–Trinajstić information content (AvgIpc) is 2.71. The Morgan fingerprint density at radius 3 is 2.82 bits per heavy atom. The Morgan fingerprint density at radius 1 is 1.35 bits per heavy atom. The first-order valence-electron chi connectivity index (χ1n) is 6.19. The molecule has 0 aliphatic heterocycles. The molecule has 2 atom stereocenters. The molecule has 0 fully saturated rings. The van der Waals surface area contributed by atoms with Crippen LogP contribution in [0, 0.1) is 5.92 Å².